The molecule has 1 aliphatic heterocycles. The highest BCUT2D eigenvalue weighted by Gasteiger charge is 2.38. The lowest BCUT2D eigenvalue weighted by molar-refractivity contribution is 0.102. The fraction of sp³-hybridized carbons (Fsp3) is 0.350. The number of carbonyl (C=O) groups excluding carboxylic acids is 1. The molecule has 6 nitrogen and oxygen atoms in total. The molecule has 1 aliphatic rings. The molecule has 1 N–H and O–H groups in total. The van der Waals surface area contributed by atoms with Gasteiger partial charge in [0.05, 0.1) is 27.2 Å². The molecule has 156 valence electrons. The average Bonchev–Trinajstić information content (AvgIpc) is 3.02. The van der Waals surface area contributed by atoms with Crippen LogP contribution >= 0.6 is 0 Å². The number of para-hydroxylation sites is 1. The molecule has 1 fully saturated rings. The van der Waals surface area contributed by atoms with Gasteiger partial charge in [0, 0.05) is 5.69 Å². The summed E-state index contributed by atoms with van der Waals surface area (Å²) in [6.07, 6.45) is -0.00859. The largest absolute Gasteiger partial charge is 0.322 e. The van der Waals surface area contributed by atoms with Gasteiger partial charge in [0.25, 0.3) is 5.91 Å². The van der Waals surface area contributed by atoms with E-state index in [0.29, 0.717) is 5.69 Å². The molecule has 3 rings (SSSR count). The number of rotatable bonds is 5. The third-order valence-corrected chi connectivity index (χ3v) is 9.14. The van der Waals surface area contributed by atoms with E-state index in [1.807, 2.05) is 26.0 Å². The highest BCUT2D eigenvalue weighted by molar-refractivity contribution is 7.96. The summed E-state index contributed by atoms with van der Waals surface area (Å²) in [6.45, 7) is 3.91. The van der Waals surface area contributed by atoms with E-state index < -0.39 is 48.0 Å². The van der Waals surface area contributed by atoms with Crippen LogP contribution in [0.3, 0.4) is 0 Å². The number of halogens is 1. The zero-order chi connectivity index (χ0) is 21.4. The van der Waals surface area contributed by atoms with Crippen LogP contribution < -0.4 is 5.32 Å². The summed E-state index contributed by atoms with van der Waals surface area (Å²) in [4.78, 5) is 12.4. The van der Waals surface area contributed by atoms with Crippen molar-refractivity contribution in [3.63, 3.8) is 0 Å². The molecular weight excluding hydrogens is 417 g/mol. The second-order valence-electron chi connectivity index (χ2n) is 7.41. The molecule has 0 saturated carbocycles. The number of carbonyl (C=O) groups is 1. The number of benzene rings is 2. The number of hydrogen-bond acceptors (Lipinski definition) is 5. The average molecular weight is 440 g/mol. The SMILES string of the molecule is CC(C)c1ccccc1NC(=O)c1cc(S(=O)(=O)C2CCS(=O)(=O)C2)ccc1F. The number of hydrogen-bond donors (Lipinski definition) is 1. The first kappa shape index (κ1) is 21.4. The lowest BCUT2D eigenvalue weighted by Gasteiger charge is -2.15. The summed E-state index contributed by atoms with van der Waals surface area (Å²) in [5.74, 6) is -2.17. The topological polar surface area (TPSA) is 97.4 Å². The minimum Gasteiger partial charge on any atom is -0.322 e. The van der Waals surface area contributed by atoms with E-state index in [9.17, 15) is 26.0 Å². The fourth-order valence-corrected chi connectivity index (χ4v) is 7.74. The quantitative estimate of drug-likeness (QED) is 0.722. The second-order valence-corrected chi connectivity index (χ2v) is 11.9. The van der Waals surface area contributed by atoms with Crippen molar-refractivity contribution < 1.29 is 26.0 Å². The maximum absolute atomic E-state index is 14.3. The summed E-state index contributed by atoms with van der Waals surface area (Å²) < 4.78 is 63.2. The van der Waals surface area contributed by atoms with Crippen molar-refractivity contribution in [1.82, 2.24) is 0 Å². The Morgan fingerprint density at radius 3 is 2.48 bits per heavy atom. The summed E-state index contributed by atoms with van der Waals surface area (Å²) >= 11 is 0. The molecule has 9 heteroatoms. The van der Waals surface area contributed by atoms with Crippen LogP contribution in [0.4, 0.5) is 10.1 Å². The Kier molecular flexibility index (Phi) is 5.82. The molecule has 0 spiro atoms. The van der Waals surface area contributed by atoms with Crippen molar-refractivity contribution in [3.05, 3.63) is 59.4 Å². The molecule has 1 amide bonds. The summed E-state index contributed by atoms with van der Waals surface area (Å²) in [5, 5.41) is 1.55. The van der Waals surface area contributed by atoms with Crippen molar-refractivity contribution in [2.24, 2.45) is 0 Å². The highest BCUT2D eigenvalue weighted by atomic mass is 32.2. The first-order valence-corrected chi connectivity index (χ1v) is 12.5. The fourth-order valence-electron chi connectivity index (χ4n) is 3.36. The van der Waals surface area contributed by atoms with Crippen LogP contribution in [0.15, 0.2) is 47.4 Å². The van der Waals surface area contributed by atoms with Gasteiger partial charge in [-0.15, -0.1) is 0 Å². The van der Waals surface area contributed by atoms with E-state index in [-0.39, 0.29) is 23.0 Å². The van der Waals surface area contributed by atoms with Crippen LogP contribution in [0.5, 0.6) is 0 Å². The van der Waals surface area contributed by atoms with E-state index in [0.717, 1.165) is 23.8 Å². The van der Waals surface area contributed by atoms with E-state index in [1.54, 1.807) is 12.1 Å². The molecule has 2 aromatic carbocycles. The Hall–Kier alpha value is -2.26. The van der Waals surface area contributed by atoms with E-state index in [4.69, 9.17) is 0 Å². The molecule has 0 aromatic heterocycles. The normalized spacial score (nSPS) is 18.7. The lowest BCUT2D eigenvalue weighted by atomic mass is 10.0. The molecule has 1 saturated heterocycles. The summed E-state index contributed by atoms with van der Waals surface area (Å²) in [7, 11) is -7.41. The van der Waals surface area contributed by atoms with Crippen LogP contribution in [0.25, 0.3) is 0 Å². The van der Waals surface area contributed by atoms with Gasteiger partial charge in [-0.1, -0.05) is 32.0 Å². The van der Waals surface area contributed by atoms with Crippen LogP contribution in [-0.2, 0) is 19.7 Å². The van der Waals surface area contributed by atoms with Gasteiger partial charge >= 0.3 is 0 Å². The Labute approximate surface area is 170 Å². The van der Waals surface area contributed by atoms with Gasteiger partial charge < -0.3 is 5.32 Å². The van der Waals surface area contributed by atoms with Crippen LogP contribution in [0.1, 0.15) is 42.1 Å². The van der Waals surface area contributed by atoms with Gasteiger partial charge in [0.1, 0.15) is 5.82 Å². The molecule has 0 radical (unpaired) electrons. The van der Waals surface area contributed by atoms with E-state index >= 15 is 0 Å². The van der Waals surface area contributed by atoms with Gasteiger partial charge in [-0.05, 0) is 42.2 Å². The number of nitrogens with one attached hydrogen (secondary N) is 1. The van der Waals surface area contributed by atoms with Gasteiger partial charge in [-0.3, -0.25) is 4.79 Å². The molecule has 0 bridgehead atoms. The van der Waals surface area contributed by atoms with Crippen molar-refractivity contribution >= 4 is 31.3 Å². The first-order chi connectivity index (χ1) is 13.5. The van der Waals surface area contributed by atoms with Gasteiger partial charge in [0.2, 0.25) is 0 Å². The second kappa shape index (κ2) is 7.87. The van der Waals surface area contributed by atoms with Crippen molar-refractivity contribution in [1.29, 1.82) is 0 Å². The molecule has 1 heterocycles. The Balaban J connectivity index is 1.93. The van der Waals surface area contributed by atoms with E-state index in [1.165, 1.54) is 0 Å². The Morgan fingerprint density at radius 2 is 1.86 bits per heavy atom. The first-order valence-electron chi connectivity index (χ1n) is 9.15. The molecule has 2 aromatic rings. The highest BCUT2D eigenvalue weighted by Crippen LogP contribution is 2.28. The molecule has 1 atom stereocenters. The summed E-state index contributed by atoms with van der Waals surface area (Å²) in [6, 6.07) is 10.1. The van der Waals surface area contributed by atoms with Crippen LogP contribution in [0.2, 0.25) is 0 Å². The third-order valence-electron chi connectivity index (χ3n) is 4.97. The van der Waals surface area contributed by atoms with Crippen LogP contribution in [-0.4, -0.2) is 39.5 Å². The zero-order valence-corrected chi connectivity index (χ0v) is 17.7. The van der Waals surface area contributed by atoms with E-state index in [2.05, 4.69) is 5.32 Å². The predicted octanol–water partition coefficient (Wildman–Crippen LogP) is 3.16. The maximum Gasteiger partial charge on any atom is 0.258 e. The summed E-state index contributed by atoms with van der Waals surface area (Å²) in [5.41, 5.74) is 0.966. The van der Waals surface area contributed by atoms with Crippen molar-refractivity contribution in [2.75, 3.05) is 16.8 Å². The number of anilines is 1. The standard InChI is InChI=1S/C20H22FNO5S2/c1-13(2)16-5-3-4-6-19(16)22-20(23)17-11-14(7-8-18(17)21)29(26,27)15-9-10-28(24,25)12-15/h3-8,11,13,15H,9-10,12H2,1-2H3,(H,22,23). The molecular formula is C20H22FNO5S2. The third kappa shape index (κ3) is 4.51. The number of sulfone groups is 2. The minimum atomic E-state index is -4.00. The van der Waals surface area contributed by atoms with Crippen molar-refractivity contribution in [2.45, 2.75) is 36.3 Å². The predicted molar refractivity (Wildman–Crippen MR) is 109 cm³/mol. The smallest absolute Gasteiger partial charge is 0.258 e. The van der Waals surface area contributed by atoms with Gasteiger partial charge in [-0.2, -0.15) is 0 Å². The van der Waals surface area contributed by atoms with Gasteiger partial charge in [-0.25, -0.2) is 21.2 Å². The monoisotopic (exact) mass is 439 g/mol. The Bertz CT molecular complexity index is 1160. The molecule has 29 heavy (non-hydrogen) atoms. The van der Waals surface area contributed by atoms with Crippen LogP contribution in [0, 0.1) is 5.82 Å². The minimum absolute atomic E-state index is 0.00859. The molecule has 1 unspecified atom stereocenters. The van der Waals surface area contributed by atoms with Crippen molar-refractivity contribution in [3.8, 4) is 0 Å². The number of amides is 1. The molecule has 0 aliphatic carbocycles. The Morgan fingerprint density at radius 1 is 1.17 bits per heavy atom. The lowest BCUT2D eigenvalue weighted by Crippen LogP contribution is -2.23. The zero-order valence-electron chi connectivity index (χ0n) is 16.1. The maximum atomic E-state index is 14.3. The van der Waals surface area contributed by atoms with Gasteiger partial charge in [0.15, 0.2) is 19.7 Å².